The molecule has 1 amide bonds. The smallest absolute Gasteiger partial charge is 0.407 e. The fraction of sp³-hybridized carbons (Fsp3) is 0.529. The average molecular weight is 305 g/mol. The van der Waals surface area contributed by atoms with Crippen LogP contribution in [-0.2, 0) is 20.9 Å². The third kappa shape index (κ3) is 5.39. The van der Waals surface area contributed by atoms with E-state index in [1.807, 2.05) is 30.3 Å². The van der Waals surface area contributed by atoms with Crippen molar-refractivity contribution in [3.63, 3.8) is 0 Å². The van der Waals surface area contributed by atoms with Gasteiger partial charge in [-0.1, -0.05) is 43.2 Å². The number of benzene rings is 1. The normalized spacial score (nSPS) is 21.0. The van der Waals surface area contributed by atoms with Crippen molar-refractivity contribution in [3.05, 3.63) is 35.9 Å². The molecule has 1 N–H and O–H groups in total. The molecule has 0 radical (unpaired) electrons. The number of hydrogen-bond donors (Lipinski definition) is 1. The summed E-state index contributed by atoms with van der Waals surface area (Å²) in [6.45, 7) is 2.02. The maximum absolute atomic E-state index is 11.9. The molecule has 22 heavy (non-hydrogen) atoms. The Labute approximate surface area is 131 Å². The Balaban J connectivity index is 1.79. The van der Waals surface area contributed by atoms with Gasteiger partial charge in [-0.25, -0.2) is 4.79 Å². The van der Waals surface area contributed by atoms with E-state index in [1.165, 1.54) is 6.92 Å². The Morgan fingerprint density at radius 1 is 1.14 bits per heavy atom. The van der Waals surface area contributed by atoms with Gasteiger partial charge < -0.3 is 14.8 Å². The van der Waals surface area contributed by atoms with Gasteiger partial charge in [-0.3, -0.25) is 4.79 Å². The van der Waals surface area contributed by atoms with E-state index in [-0.39, 0.29) is 24.5 Å². The highest BCUT2D eigenvalue weighted by atomic mass is 16.5. The first-order valence-electron chi connectivity index (χ1n) is 7.75. The first-order valence-corrected chi connectivity index (χ1v) is 7.75. The number of ether oxygens (including phenoxy) is 2. The quantitative estimate of drug-likeness (QED) is 0.849. The second-order valence-electron chi connectivity index (χ2n) is 5.66. The van der Waals surface area contributed by atoms with Crippen LogP contribution < -0.4 is 5.32 Å². The molecule has 1 saturated carbocycles. The summed E-state index contributed by atoms with van der Waals surface area (Å²) in [6.07, 6.45) is 3.61. The maximum atomic E-state index is 11.9. The van der Waals surface area contributed by atoms with Crippen molar-refractivity contribution in [2.75, 3.05) is 6.61 Å². The minimum atomic E-state index is -0.413. The fourth-order valence-corrected chi connectivity index (χ4v) is 2.74. The van der Waals surface area contributed by atoms with Crippen LogP contribution in [0.5, 0.6) is 0 Å². The molecule has 0 heterocycles. The molecule has 1 aromatic rings. The molecule has 0 aromatic heterocycles. The lowest BCUT2D eigenvalue weighted by Crippen LogP contribution is -2.44. The van der Waals surface area contributed by atoms with E-state index in [1.54, 1.807) is 0 Å². The van der Waals surface area contributed by atoms with E-state index in [0.717, 1.165) is 31.2 Å². The highest BCUT2D eigenvalue weighted by molar-refractivity contribution is 5.67. The topological polar surface area (TPSA) is 64.6 Å². The predicted octanol–water partition coefficient (Wildman–Crippen LogP) is 3.03. The summed E-state index contributed by atoms with van der Waals surface area (Å²) in [4.78, 5) is 22.9. The Morgan fingerprint density at radius 3 is 2.59 bits per heavy atom. The molecule has 5 heteroatoms. The van der Waals surface area contributed by atoms with Gasteiger partial charge in [0.25, 0.3) is 0 Å². The highest BCUT2D eigenvalue weighted by Gasteiger charge is 2.27. The Kier molecular flexibility index (Phi) is 6.25. The third-order valence-corrected chi connectivity index (χ3v) is 3.93. The van der Waals surface area contributed by atoms with Gasteiger partial charge in [0.2, 0.25) is 0 Å². The molecule has 2 rings (SSSR count). The van der Waals surface area contributed by atoms with Crippen molar-refractivity contribution in [2.45, 2.75) is 45.3 Å². The molecule has 2 atom stereocenters. The molecule has 1 aromatic carbocycles. The molecular formula is C17H23NO4. The van der Waals surface area contributed by atoms with Crippen LogP contribution in [0.2, 0.25) is 0 Å². The van der Waals surface area contributed by atoms with Crippen LogP contribution >= 0.6 is 0 Å². The zero-order valence-corrected chi connectivity index (χ0v) is 12.9. The monoisotopic (exact) mass is 305 g/mol. The van der Waals surface area contributed by atoms with Crippen molar-refractivity contribution in [3.8, 4) is 0 Å². The maximum Gasteiger partial charge on any atom is 0.407 e. The SMILES string of the molecule is CC(=O)OC[C@@H]1CCCC[C@H]1NC(=O)OCc1ccccc1. The number of amides is 1. The molecule has 0 aliphatic heterocycles. The lowest BCUT2D eigenvalue weighted by atomic mass is 9.85. The van der Waals surface area contributed by atoms with Crippen molar-refractivity contribution in [1.29, 1.82) is 0 Å². The Morgan fingerprint density at radius 2 is 1.86 bits per heavy atom. The van der Waals surface area contributed by atoms with Gasteiger partial charge in [-0.05, 0) is 18.4 Å². The first-order chi connectivity index (χ1) is 10.6. The van der Waals surface area contributed by atoms with Gasteiger partial charge in [0, 0.05) is 18.9 Å². The van der Waals surface area contributed by atoms with Crippen LogP contribution in [0.15, 0.2) is 30.3 Å². The van der Waals surface area contributed by atoms with E-state index >= 15 is 0 Å². The summed E-state index contributed by atoms with van der Waals surface area (Å²) in [5.74, 6) is -0.113. The lowest BCUT2D eigenvalue weighted by Gasteiger charge is -2.31. The number of carbonyl (C=O) groups is 2. The van der Waals surface area contributed by atoms with Crippen LogP contribution in [0.3, 0.4) is 0 Å². The number of carbonyl (C=O) groups excluding carboxylic acids is 2. The van der Waals surface area contributed by atoms with Gasteiger partial charge in [0.05, 0.1) is 6.61 Å². The van der Waals surface area contributed by atoms with E-state index in [9.17, 15) is 9.59 Å². The summed E-state index contributed by atoms with van der Waals surface area (Å²) in [5, 5.41) is 2.91. The lowest BCUT2D eigenvalue weighted by molar-refractivity contribution is -0.142. The van der Waals surface area contributed by atoms with Crippen LogP contribution in [0.25, 0.3) is 0 Å². The molecular weight excluding hydrogens is 282 g/mol. The second-order valence-corrected chi connectivity index (χ2v) is 5.66. The Hall–Kier alpha value is -2.04. The summed E-state index contributed by atoms with van der Waals surface area (Å²) in [5.41, 5.74) is 0.956. The minimum Gasteiger partial charge on any atom is -0.465 e. The molecule has 1 aliphatic carbocycles. The molecule has 0 spiro atoms. The highest BCUT2D eigenvalue weighted by Crippen LogP contribution is 2.25. The number of nitrogens with one attached hydrogen (secondary N) is 1. The zero-order valence-electron chi connectivity index (χ0n) is 12.9. The standard InChI is InChI=1S/C17H23NO4/c1-13(19)21-12-15-9-5-6-10-16(15)18-17(20)22-11-14-7-3-2-4-8-14/h2-4,7-8,15-16H,5-6,9-12H2,1H3,(H,18,20)/t15-,16+/m0/s1. The van der Waals surface area contributed by atoms with E-state index in [2.05, 4.69) is 5.32 Å². The molecule has 1 aliphatic rings. The van der Waals surface area contributed by atoms with Gasteiger partial charge >= 0.3 is 12.1 Å². The molecule has 120 valence electrons. The molecule has 1 fully saturated rings. The van der Waals surface area contributed by atoms with Crippen molar-refractivity contribution < 1.29 is 19.1 Å². The summed E-state index contributed by atoms with van der Waals surface area (Å²) in [6, 6.07) is 9.58. The number of alkyl carbamates (subject to hydrolysis) is 1. The summed E-state index contributed by atoms with van der Waals surface area (Å²) in [7, 11) is 0. The van der Waals surface area contributed by atoms with Crippen LogP contribution in [0.1, 0.15) is 38.2 Å². The third-order valence-electron chi connectivity index (χ3n) is 3.93. The molecule has 5 nitrogen and oxygen atoms in total. The number of hydrogen-bond acceptors (Lipinski definition) is 4. The molecule has 0 saturated heterocycles. The fourth-order valence-electron chi connectivity index (χ4n) is 2.74. The van der Waals surface area contributed by atoms with Crippen molar-refractivity contribution in [2.24, 2.45) is 5.92 Å². The number of esters is 1. The van der Waals surface area contributed by atoms with Crippen LogP contribution in [0, 0.1) is 5.92 Å². The van der Waals surface area contributed by atoms with E-state index in [4.69, 9.17) is 9.47 Å². The van der Waals surface area contributed by atoms with Gasteiger partial charge in [0.1, 0.15) is 6.61 Å². The summed E-state index contributed by atoms with van der Waals surface area (Å²) >= 11 is 0. The van der Waals surface area contributed by atoms with E-state index < -0.39 is 6.09 Å². The van der Waals surface area contributed by atoms with Gasteiger partial charge in [-0.2, -0.15) is 0 Å². The average Bonchev–Trinajstić information content (AvgIpc) is 2.53. The largest absolute Gasteiger partial charge is 0.465 e. The Bertz CT molecular complexity index is 489. The summed E-state index contributed by atoms with van der Waals surface area (Å²) < 4.78 is 10.3. The molecule has 0 bridgehead atoms. The van der Waals surface area contributed by atoms with Gasteiger partial charge in [0.15, 0.2) is 0 Å². The van der Waals surface area contributed by atoms with Crippen molar-refractivity contribution in [1.82, 2.24) is 5.32 Å². The first kappa shape index (κ1) is 16.3. The minimum absolute atomic E-state index is 0.0105. The molecule has 0 unspecified atom stereocenters. The zero-order chi connectivity index (χ0) is 15.8. The van der Waals surface area contributed by atoms with Crippen molar-refractivity contribution >= 4 is 12.1 Å². The number of rotatable bonds is 5. The predicted molar refractivity (Wildman–Crippen MR) is 82.1 cm³/mol. The van der Waals surface area contributed by atoms with Gasteiger partial charge in [-0.15, -0.1) is 0 Å². The van der Waals surface area contributed by atoms with Crippen LogP contribution in [-0.4, -0.2) is 24.7 Å². The van der Waals surface area contributed by atoms with E-state index in [0.29, 0.717) is 6.61 Å². The second kappa shape index (κ2) is 8.41. The van der Waals surface area contributed by atoms with Crippen LogP contribution in [0.4, 0.5) is 4.79 Å².